The Labute approximate surface area is 103 Å². The van der Waals surface area contributed by atoms with Gasteiger partial charge in [0.1, 0.15) is 5.03 Å². The fraction of sp³-hybridized carbons (Fsp3) is 0.750. The Bertz CT molecular complexity index is 333. The van der Waals surface area contributed by atoms with Crippen molar-refractivity contribution in [3.63, 3.8) is 0 Å². The minimum Gasteiger partial charge on any atom is -0.395 e. The van der Waals surface area contributed by atoms with Crippen LogP contribution in [-0.4, -0.2) is 15.5 Å². The molecule has 16 heavy (non-hydrogen) atoms. The van der Waals surface area contributed by atoms with E-state index in [2.05, 4.69) is 30.6 Å². The third kappa shape index (κ3) is 3.17. The summed E-state index contributed by atoms with van der Waals surface area (Å²) in [5.74, 6) is 1.85. The zero-order chi connectivity index (χ0) is 12.1. The molecule has 1 aromatic rings. The van der Waals surface area contributed by atoms with Gasteiger partial charge in [0, 0.05) is 12.3 Å². The summed E-state index contributed by atoms with van der Waals surface area (Å²) in [4.78, 5) is 0. The van der Waals surface area contributed by atoms with Crippen LogP contribution in [0.1, 0.15) is 39.3 Å². The van der Waals surface area contributed by atoms with Crippen LogP contribution in [-0.2, 0) is 6.54 Å². The molecular weight excluding hydrogens is 218 g/mol. The zero-order valence-corrected chi connectivity index (χ0v) is 11.6. The second-order valence-electron chi connectivity index (χ2n) is 4.35. The molecule has 0 aliphatic carbocycles. The fourth-order valence-electron chi connectivity index (χ4n) is 1.43. The van der Waals surface area contributed by atoms with E-state index >= 15 is 0 Å². The number of nitrogens with two attached hydrogens (primary N) is 1. The molecule has 0 aliphatic rings. The predicted molar refractivity (Wildman–Crippen MR) is 71.8 cm³/mol. The lowest BCUT2D eigenvalue weighted by Crippen LogP contribution is -2.03. The highest BCUT2D eigenvalue weighted by molar-refractivity contribution is 7.99. The van der Waals surface area contributed by atoms with Crippen molar-refractivity contribution in [2.24, 2.45) is 5.92 Å². The summed E-state index contributed by atoms with van der Waals surface area (Å²) in [7, 11) is 0. The first-order chi connectivity index (χ1) is 7.60. The Morgan fingerprint density at radius 3 is 2.69 bits per heavy atom. The first-order valence-corrected chi connectivity index (χ1v) is 7.04. The number of rotatable bonds is 6. The molecule has 3 nitrogen and oxygen atoms in total. The van der Waals surface area contributed by atoms with Crippen LogP contribution in [0.5, 0.6) is 0 Å². The molecular formula is C12H23N3S. The third-order valence-electron chi connectivity index (χ3n) is 2.76. The number of hydrogen-bond donors (Lipinski definition) is 1. The zero-order valence-electron chi connectivity index (χ0n) is 10.8. The lowest BCUT2D eigenvalue weighted by molar-refractivity contribution is 0.554. The van der Waals surface area contributed by atoms with Crippen LogP contribution in [0.4, 0.5) is 5.69 Å². The molecule has 1 heterocycles. The Morgan fingerprint density at radius 1 is 1.44 bits per heavy atom. The monoisotopic (exact) mass is 241 g/mol. The number of aromatic nitrogens is 2. The van der Waals surface area contributed by atoms with Crippen molar-refractivity contribution in [1.82, 2.24) is 9.78 Å². The molecule has 1 atom stereocenters. The number of anilines is 1. The van der Waals surface area contributed by atoms with Crippen molar-refractivity contribution in [1.29, 1.82) is 0 Å². The van der Waals surface area contributed by atoms with Gasteiger partial charge in [-0.2, -0.15) is 5.10 Å². The fourth-order valence-corrected chi connectivity index (χ4v) is 2.69. The molecule has 4 heteroatoms. The Hall–Kier alpha value is -0.640. The summed E-state index contributed by atoms with van der Waals surface area (Å²) in [6.07, 6.45) is 2.31. The van der Waals surface area contributed by atoms with Gasteiger partial charge >= 0.3 is 0 Å². The second kappa shape index (κ2) is 6.18. The Kier molecular flexibility index (Phi) is 5.19. The van der Waals surface area contributed by atoms with Crippen LogP contribution in [0.25, 0.3) is 0 Å². The molecule has 0 amide bonds. The molecule has 1 unspecified atom stereocenters. The molecule has 1 aromatic heterocycles. The van der Waals surface area contributed by atoms with E-state index in [4.69, 9.17) is 5.73 Å². The van der Waals surface area contributed by atoms with Gasteiger partial charge in [-0.05, 0) is 19.3 Å². The van der Waals surface area contributed by atoms with Crippen LogP contribution in [0.15, 0.2) is 5.03 Å². The van der Waals surface area contributed by atoms with Gasteiger partial charge in [0.15, 0.2) is 0 Å². The van der Waals surface area contributed by atoms with E-state index in [0.717, 1.165) is 41.0 Å². The van der Waals surface area contributed by atoms with E-state index < -0.39 is 0 Å². The van der Waals surface area contributed by atoms with Gasteiger partial charge in [0.05, 0.1) is 11.4 Å². The van der Waals surface area contributed by atoms with Gasteiger partial charge in [-0.3, -0.25) is 4.68 Å². The minimum atomic E-state index is 0.731. The van der Waals surface area contributed by atoms with Crippen molar-refractivity contribution in [3.8, 4) is 0 Å². The van der Waals surface area contributed by atoms with Crippen LogP contribution in [0.2, 0.25) is 0 Å². The van der Waals surface area contributed by atoms with E-state index in [-0.39, 0.29) is 0 Å². The lowest BCUT2D eigenvalue weighted by Gasteiger charge is -2.10. The normalized spacial score (nSPS) is 13.0. The smallest absolute Gasteiger partial charge is 0.117 e. The number of nitrogens with zero attached hydrogens (tertiary/aromatic N) is 2. The van der Waals surface area contributed by atoms with Gasteiger partial charge in [-0.25, -0.2) is 0 Å². The summed E-state index contributed by atoms with van der Waals surface area (Å²) in [5.41, 5.74) is 7.88. The van der Waals surface area contributed by atoms with Crippen LogP contribution < -0.4 is 5.73 Å². The quantitative estimate of drug-likeness (QED) is 0.777. The summed E-state index contributed by atoms with van der Waals surface area (Å²) in [6, 6.07) is 0. The predicted octanol–water partition coefficient (Wildman–Crippen LogP) is 3.32. The molecule has 0 fully saturated rings. The molecule has 0 radical (unpaired) electrons. The van der Waals surface area contributed by atoms with E-state index in [1.165, 1.54) is 6.42 Å². The van der Waals surface area contributed by atoms with Gasteiger partial charge in [-0.15, -0.1) is 11.8 Å². The number of nitrogen functional groups attached to an aromatic ring is 1. The maximum Gasteiger partial charge on any atom is 0.117 e. The Morgan fingerprint density at radius 2 is 2.12 bits per heavy atom. The van der Waals surface area contributed by atoms with Crippen LogP contribution in [0.3, 0.4) is 0 Å². The van der Waals surface area contributed by atoms with E-state index in [1.54, 1.807) is 0 Å². The van der Waals surface area contributed by atoms with Crippen LogP contribution >= 0.6 is 11.8 Å². The number of thioether (sulfide) groups is 1. The first-order valence-electron chi connectivity index (χ1n) is 6.05. The SMILES string of the molecule is CCCn1nc(C)c(N)c1SCC(C)CC. The summed E-state index contributed by atoms with van der Waals surface area (Å²) < 4.78 is 2.05. The molecule has 2 N–H and O–H groups in total. The highest BCUT2D eigenvalue weighted by Crippen LogP contribution is 2.29. The van der Waals surface area contributed by atoms with Crippen LogP contribution in [0, 0.1) is 12.8 Å². The molecule has 0 saturated carbocycles. The first kappa shape index (κ1) is 13.4. The molecule has 0 spiro atoms. The van der Waals surface area contributed by atoms with E-state index in [9.17, 15) is 0 Å². The number of aryl methyl sites for hydroxylation is 2. The lowest BCUT2D eigenvalue weighted by atomic mass is 10.2. The average molecular weight is 241 g/mol. The molecule has 92 valence electrons. The molecule has 0 aromatic carbocycles. The second-order valence-corrected chi connectivity index (χ2v) is 5.36. The highest BCUT2D eigenvalue weighted by atomic mass is 32.2. The standard InChI is InChI=1S/C12H23N3S/c1-5-7-15-12(11(13)10(4)14-15)16-8-9(3)6-2/h9H,5-8,13H2,1-4H3. The van der Waals surface area contributed by atoms with E-state index in [0.29, 0.717) is 0 Å². The van der Waals surface area contributed by atoms with Gasteiger partial charge in [0.25, 0.3) is 0 Å². The van der Waals surface area contributed by atoms with Gasteiger partial charge < -0.3 is 5.73 Å². The maximum absolute atomic E-state index is 6.06. The van der Waals surface area contributed by atoms with Crippen molar-refractivity contribution >= 4 is 17.4 Å². The van der Waals surface area contributed by atoms with E-state index in [1.807, 2.05) is 18.7 Å². The van der Waals surface area contributed by atoms with Crippen molar-refractivity contribution in [3.05, 3.63) is 5.69 Å². The molecule has 0 aliphatic heterocycles. The molecule has 1 rings (SSSR count). The summed E-state index contributed by atoms with van der Waals surface area (Å²) in [5, 5.41) is 5.63. The average Bonchev–Trinajstić information content (AvgIpc) is 2.53. The Balaban J connectivity index is 2.76. The van der Waals surface area contributed by atoms with Crippen molar-refractivity contribution < 1.29 is 0 Å². The van der Waals surface area contributed by atoms with Gasteiger partial charge in [-0.1, -0.05) is 27.2 Å². The number of hydrogen-bond acceptors (Lipinski definition) is 3. The largest absolute Gasteiger partial charge is 0.395 e. The van der Waals surface area contributed by atoms with Gasteiger partial charge in [0.2, 0.25) is 0 Å². The molecule has 0 saturated heterocycles. The van der Waals surface area contributed by atoms with Crippen molar-refractivity contribution in [2.45, 2.75) is 52.1 Å². The maximum atomic E-state index is 6.06. The highest BCUT2D eigenvalue weighted by Gasteiger charge is 2.13. The third-order valence-corrected chi connectivity index (χ3v) is 4.20. The summed E-state index contributed by atoms with van der Waals surface area (Å²) in [6.45, 7) is 9.60. The minimum absolute atomic E-state index is 0.731. The topological polar surface area (TPSA) is 43.8 Å². The van der Waals surface area contributed by atoms with Crippen molar-refractivity contribution in [2.75, 3.05) is 11.5 Å². The summed E-state index contributed by atoms with van der Waals surface area (Å²) >= 11 is 1.84. The molecule has 0 bridgehead atoms.